The van der Waals surface area contributed by atoms with Crippen LogP contribution in [0.5, 0.6) is 0 Å². The van der Waals surface area contributed by atoms with Crippen LogP contribution in [0.2, 0.25) is 0 Å². The van der Waals surface area contributed by atoms with Crippen molar-refractivity contribution >= 4 is 11.9 Å². The van der Waals surface area contributed by atoms with E-state index in [0.29, 0.717) is 19.0 Å². The quantitative estimate of drug-likeness (QED) is 0.431. The molecule has 0 atom stereocenters. The normalized spacial score (nSPS) is 12.5. The van der Waals surface area contributed by atoms with Crippen molar-refractivity contribution in [1.29, 1.82) is 0 Å². The summed E-state index contributed by atoms with van der Waals surface area (Å²) in [5.74, 6) is -2.19. The van der Waals surface area contributed by atoms with E-state index in [0.717, 1.165) is 0 Å². The Kier molecular flexibility index (Phi) is 5.78. The lowest BCUT2D eigenvalue weighted by molar-refractivity contribution is -0.294. The molecule has 5 heteroatoms. The van der Waals surface area contributed by atoms with E-state index in [1.807, 2.05) is 13.8 Å². The second-order valence-corrected chi connectivity index (χ2v) is 3.19. The topological polar surface area (TPSA) is 61.7 Å². The minimum absolute atomic E-state index is 0.0935. The summed E-state index contributed by atoms with van der Waals surface area (Å²) in [6.45, 7) is 4.74. The fourth-order valence-electron chi connectivity index (χ4n) is 0.748. The lowest BCUT2D eigenvalue weighted by Gasteiger charge is -2.17. The van der Waals surface area contributed by atoms with Gasteiger partial charge in [-0.15, -0.1) is 0 Å². The highest BCUT2D eigenvalue weighted by Gasteiger charge is 2.22. The average Bonchev–Trinajstić information content (AvgIpc) is 1.98. The van der Waals surface area contributed by atoms with Gasteiger partial charge in [0.15, 0.2) is 0 Å². The number of hydrogen-bond donors (Lipinski definition) is 3. The first-order valence-electron chi connectivity index (χ1n) is 3.96. The first kappa shape index (κ1) is 12.1. The molecule has 0 aliphatic heterocycles. The van der Waals surface area contributed by atoms with Crippen molar-refractivity contribution < 1.29 is 14.5 Å². The van der Waals surface area contributed by atoms with Gasteiger partial charge >= 0.3 is 0 Å². The zero-order chi connectivity index (χ0) is 9.61. The monoisotopic (exact) mass is 197 g/mol. The molecule has 0 fully saturated rings. The van der Waals surface area contributed by atoms with Crippen molar-refractivity contribution in [1.82, 2.24) is 5.32 Å². The van der Waals surface area contributed by atoms with Crippen molar-refractivity contribution in [3.63, 3.8) is 0 Å². The van der Waals surface area contributed by atoms with Gasteiger partial charge in [-0.2, -0.15) is 0 Å². The van der Waals surface area contributed by atoms with Gasteiger partial charge in [0.1, 0.15) is 0 Å². The minimum Gasteiger partial charge on any atom is -0.342 e. The van der Waals surface area contributed by atoms with Crippen molar-refractivity contribution in [3.05, 3.63) is 0 Å². The molecule has 0 aliphatic carbocycles. The van der Waals surface area contributed by atoms with Crippen LogP contribution in [-0.4, -0.2) is 28.8 Å². The number of aliphatic hydroxyl groups is 2. The zero-order valence-corrected chi connectivity index (χ0v) is 8.14. The Bertz CT molecular complexity index is 119. The van der Waals surface area contributed by atoms with Gasteiger partial charge in [-0.1, -0.05) is 13.8 Å². The highest BCUT2D eigenvalue weighted by molar-refractivity contribution is 6.07. The van der Waals surface area contributed by atoms with Gasteiger partial charge in [-0.05, 0) is 13.0 Å². The maximum absolute atomic E-state index is 8.86. The summed E-state index contributed by atoms with van der Waals surface area (Å²) < 4.78 is 3.90. The zero-order valence-electron chi connectivity index (χ0n) is 7.38. The fraction of sp³-hybridized carbons (Fsp3) is 1.00. The van der Waals surface area contributed by atoms with E-state index in [4.69, 9.17) is 22.1 Å². The molecule has 0 aromatic heterocycles. The second-order valence-electron chi connectivity index (χ2n) is 3.03. The first-order chi connectivity index (χ1) is 5.48. The molecule has 0 rings (SSSR count). The van der Waals surface area contributed by atoms with E-state index in [2.05, 4.69) is 9.61 Å². The Hall–Kier alpha value is 0.130. The first-order valence-corrected chi connectivity index (χ1v) is 4.26. The lowest BCUT2D eigenvalue weighted by atomic mass is 10.2. The van der Waals surface area contributed by atoms with Crippen molar-refractivity contribution in [3.8, 4) is 0 Å². The molecular weight excluding hydrogens is 182 g/mol. The van der Waals surface area contributed by atoms with E-state index >= 15 is 0 Å². The molecule has 0 heterocycles. The van der Waals surface area contributed by atoms with Crippen LogP contribution in [0.15, 0.2) is 0 Å². The summed E-state index contributed by atoms with van der Waals surface area (Å²) in [5, 5.41) is 20.8. The van der Waals surface area contributed by atoms with Crippen molar-refractivity contribution in [2.24, 2.45) is 0 Å². The lowest BCUT2D eigenvalue weighted by Crippen LogP contribution is -2.31. The Labute approximate surface area is 77.7 Å². The van der Waals surface area contributed by atoms with E-state index in [1.165, 1.54) is 0 Å². The smallest absolute Gasteiger partial charge is 0.294 e. The summed E-state index contributed by atoms with van der Waals surface area (Å²) >= 11 is 4.81. The van der Waals surface area contributed by atoms with E-state index < -0.39 is 5.97 Å². The third-order valence-electron chi connectivity index (χ3n) is 1.36. The molecule has 3 N–H and O–H groups in total. The molecule has 0 saturated carbocycles. The SMILES string of the molecule is CC(C)NCCCC(O)(O)OCl. The Morgan fingerprint density at radius 3 is 2.50 bits per heavy atom. The number of hydrogen-bond acceptors (Lipinski definition) is 4. The van der Waals surface area contributed by atoms with Gasteiger partial charge in [0.2, 0.25) is 0 Å². The molecule has 0 unspecified atom stereocenters. The third kappa shape index (κ3) is 6.82. The third-order valence-corrected chi connectivity index (χ3v) is 1.60. The van der Waals surface area contributed by atoms with E-state index in [1.54, 1.807) is 0 Å². The summed E-state index contributed by atoms with van der Waals surface area (Å²) in [5.41, 5.74) is 0. The van der Waals surface area contributed by atoms with Gasteiger partial charge in [0.05, 0.1) is 11.9 Å². The Morgan fingerprint density at radius 2 is 2.08 bits per heavy atom. The average molecular weight is 198 g/mol. The van der Waals surface area contributed by atoms with Gasteiger partial charge in [0, 0.05) is 12.5 Å². The maximum Gasteiger partial charge on any atom is 0.294 e. The van der Waals surface area contributed by atoms with Crippen molar-refractivity contribution in [2.45, 2.75) is 38.7 Å². The maximum atomic E-state index is 8.86. The molecule has 0 aromatic rings. The molecule has 0 radical (unpaired) electrons. The predicted octanol–water partition coefficient (Wildman–Crippen LogP) is 0.573. The molecule has 0 aromatic carbocycles. The summed E-state index contributed by atoms with van der Waals surface area (Å²) in [4.78, 5) is 0. The molecular formula is C7H16ClNO3. The van der Waals surface area contributed by atoms with E-state index in [-0.39, 0.29) is 6.42 Å². The number of nitrogens with one attached hydrogen (secondary N) is 1. The van der Waals surface area contributed by atoms with Crippen LogP contribution in [0, 0.1) is 0 Å². The van der Waals surface area contributed by atoms with Gasteiger partial charge < -0.3 is 15.5 Å². The highest BCUT2D eigenvalue weighted by atomic mass is 35.5. The van der Waals surface area contributed by atoms with Crippen LogP contribution in [-0.2, 0) is 4.29 Å². The Morgan fingerprint density at radius 1 is 1.50 bits per heavy atom. The van der Waals surface area contributed by atoms with Crippen LogP contribution in [0.4, 0.5) is 0 Å². The molecule has 0 aliphatic rings. The van der Waals surface area contributed by atoms with Crippen LogP contribution >= 0.6 is 11.9 Å². The molecule has 0 bridgehead atoms. The number of rotatable bonds is 6. The summed E-state index contributed by atoms with van der Waals surface area (Å²) in [7, 11) is 0. The highest BCUT2D eigenvalue weighted by Crippen LogP contribution is 2.11. The predicted molar refractivity (Wildman–Crippen MR) is 46.5 cm³/mol. The van der Waals surface area contributed by atoms with E-state index in [9.17, 15) is 0 Å². The molecule has 0 spiro atoms. The Balaban J connectivity index is 3.31. The second kappa shape index (κ2) is 5.72. The molecule has 74 valence electrons. The summed E-state index contributed by atoms with van der Waals surface area (Å²) in [6.07, 6.45) is 0.689. The van der Waals surface area contributed by atoms with Crippen LogP contribution < -0.4 is 5.32 Å². The van der Waals surface area contributed by atoms with Crippen LogP contribution in [0.25, 0.3) is 0 Å². The largest absolute Gasteiger partial charge is 0.342 e. The molecule has 4 nitrogen and oxygen atoms in total. The van der Waals surface area contributed by atoms with Crippen LogP contribution in [0.3, 0.4) is 0 Å². The molecule has 0 saturated heterocycles. The van der Waals surface area contributed by atoms with Crippen LogP contribution in [0.1, 0.15) is 26.7 Å². The molecule has 0 amide bonds. The van der Waals surface area contributed by atoms with Gasteiger partial charge in [-0.25, -0.2) is 4.29 Å². The number of halogens is 1. The molecule has 12 heavy (non-hydrogen) atoms. The van der Waals surface area contributed by atoms with Gasteiger partial charge in [-0.3, -0.25) is 0 Å². The van der Waals surface area contributed by atoms with Gasteiger partial charge in [0.25, 0.3) is 5.97 Å². The fourth-order valence-corrected chi connectivity index (χ4v) is 0.825. The standard InChI is InChI=1S/C7H16ClNO3/c1-6(2)9-5-3-4-7(10,11)12-8/h6,9-11H,3-5H2,1-2H3. The van der Waals surface area contributed by atoms with Crippen molar-refractivity contribution in [2.75, 3.05) is 6.54 Å². The summed E-state index contributed by atoms with van der Waals surface area (Å²) in [6, 6.07) is 0.397. The minimum atomic E-state index is -2.19.